The lowest BCUT2D eigenvalue weighted by Gasteiger charge is -2.13. The van der Waals surface area contributed by atoms with E-state index in [1.54, 1.807) is 0 Å². The Bertz CT molecular complexity index is 432. The zero-order valence-corrected chi connectivity index (χ0v) is 13.4. The number of hydrogen-bond donors (Lipinski definition) is 2. The first-order valence-electron chi connectivity index (χ1n) is 8.28. The minimum atomic E-state index is 0.661. The quantitative estimate of drug-likeness (QED) is 0.461. The van der Waals surface area contributed by atoms with E-state index in [9.17, 15) is 0 Å². The number of aromatic nitrogens is 2. The molecule has 21 heavy (non-hydrogen) atoms. The number of aryl methyl sites for hydroxylation is 1. The molecule has 2 N–H and O–H groups in total. The molecule has 0 aliphatic heterocycles. The predicted octanol–water partition coefficient (Wildman–Crippen LogP) is 2.45. The molecule has 1 saturated carbocycles. The topological polar surface area (TPSA) is 54.2 Å². The fourth-order valence-corrected chi connectivity index (χ4v) is 2.95. The second-order valence-corrected chi connectivity index (χ2v) is 5.86. The van der Waals surface area contributed by atoms with Crippen LogP contribution in [-0.2, 0) is 13.6 Å². The van der Waals surface area contributed by atoms with Crippen molar-refractivity contribution in [3.63, 3.8) is 0 Å². The van der Waals surface area contributed by atoms with Crippen molar-refractivity contribution < 1.29 is 0 Å². The van der Waals surface area contributed by atoms with Gasteiger partial charge in [-0.2, -0.15) is 5.10 Å². The number of nitrogens with one attached hydrogen (secondary N) is 2. The molecule has 0 saturated heterocycles. The Hall–Kier alpha value is -1.52. The lowest BCUT2D eigenvalue weighted by Crippen LogP contribution is -2.37. The number of guanidine groups is 1. The molecule has 0 atom stereocenters. The summed E-state index contributed by atoms with van der Waals surface area (Å²) in [5.74, 6) is 1.88. The van der Waals surface area contributed by atoms with Crippen molar-refractivity contribution in [3.05, 3.63) is 18.0 Å². The third-order valence-electron chi connectivity index (χ3n) is 4.22. The molecule has 5 nitrogen and oxygen atoms in total. The summed E-state index contributed by atoms with van der Waals surface area (Å²) in [6, 6.07) is 2.01. The second kappa shape index (κ2) is 8.70. The van der Waals surface area contributed by atoms with E-state index in [0.717, 1.165) is 30.7 Å². The average molecular weight is 291 g/mol. The Morgan fingerprint density at radius 3 is 2.86 bits per heavy atom. The highest BCUT2D eigenvalue weighted by molar-refractivity contribution is 5.79. The molecule has 1 aromatic heterocycles. The molecule has 1 heterocycles. The number of aliphatic imine (C=N–C) groups is 1. The Morgan fingerprint density at radius 1 is 1.38 bits per heavy atom. The lowest BCUT2D eigenvalue weighted by atomic mass is 10.0. The molecule has 118 valence electrons. The number of nitrogens with zero attached hydrogens (tertiary/aromatic N) is 3. The van der Waals surface area contributed by atoms with E-state index >= 15 is 0 Å². The van der Waals surface area contributed by atoms with E-state index in [4.69, 9.17) is 0 Å². The van der Waals surface area contributed by atoms with Crippen LogP contribution >= 0.6 is 0 Å². The fourth-order valence-electron chi connectivity index (χ4n) is 2.95. The largest absolute Gasteiger partial charge is 0.357 e. The highest BCUT2D eigenvalue weighted by Gasteiger charge is 2.13. The molecule has 0 bridgehead atoms. The summed E-state index contributed by atoms with van der Waals surface area (Å²) in [6.45, 7) is 4.65. The number of hydrogen-bond acceptors (Lipinski definition) is 2. The Kier molecular flexibility index (Phi) is 6.57. The van der Waals surface area contributed by atoms with Gasteiger partial charge in [0.15, 0.2) is 5.96 Å². The van der Waals surface area contributed by atoms with Crippen LogP contribution in [0.4, 0.5) is 0 Å². The third kappa shape index (κ3) is 5.40. The van der Waals surface area contributed by atoms with Crippen LogP contribution in [0.3, 0.4) is 0 Å². The van der Waals surface area contributed by atoms with Crippen LogP contribution in [0.5, 0.6) is 0 Å². The van der Waals surface area contributed by atoms with Crippen LogP contribution in [0.15, 0.2) is 17.3 Å². The fraction of sp³-hybridized carbons (Fsp3) is 0.750. The standard InChI is InChI=1S/C16H29N5/c1-3-17-16(19-13-15-10-12-20-21(15)2)18-11-6-9-14-7-4-5-8-14/h10,12,14H,3-9,11,13H2,1-2H3,(H2,17,18,19). The molecule has 1 aliphatic carbocycles. The molecule has 2 rings (SSSR count). The van der Waals surface area contributed by atoms with Gasteiger partial charge in [0, 0.05) is 26.3 Å². The number of rotatable bonds is 7. The van der Waals surface area contributed by atoms with E-state index < -0.39 is 0 Å². The van der Waals surface area contributed by atoms with Gasteiger partial charge in [-0.1, -0.05) is 25.7 Å². The molecule has 0 aromatic carbocycles. The zero-order valence-electron chi connectivity index (χ0n) is 13.4. The van der Waals surface area contributed by atoms with Gasteiger partial charge in [0.05, 0.1) is 12.2 Å². The van der Waals surface area contributed by atoms with Crippen LogP contribution in [-0.4, -0.2) is 28.8 Å². The second-order valence-electron chi connectivity index (χ2n) is 5.86. The predicted molar refractivity (Wildman–Crippen MR) is 87.2 cm³/mol. The van der Waals surface area contributed by atoms with Crippen LogP contribution in [0.2, 0.25) is 0 Å². The first-order chi connectivity index (χ1) is 10.3. The van der Waals surface area contributed by atoms with Gasteiger partial charge >= 0.3 is 0 Å². The van der Waals surface area contributed by atoms with Crippen molar-refractivity contribution in [1.29, 1.82) is 0 Å². The summed E-state index contributed by atoms with van der Waals surface area (Å²) < 4.78 is 1.87. The van der Waals surface area contributed by atoms with Crippen molar-refractivity contribution in [2.75, 3.05) is 13.1 Å². The summed E-state index contributed by atoms with van der Waals surface area (Å²) in [5, 5.41) is 10.9. The summed E-state index contributed by atoms with van der Waals surface area (Å²) in [7, 11) is 1.95. The Morgan fingerprint density at radius 2 is 2.19 bits per heavy atom. The zero-order chi connectivity index (χ0) is 14.9. The molecule has 5 heteroatoms. The monoisotopic (exact) mass is 291 g/mol. The molecular formula is C16H29N5. The van der Waals surface area contributed by atoms with Gasteiger partial charge in [-0.25, -0.2) is 4.99 Å². The molecule has 0 spiro atoms. The Labute approximate surface area is 128 Å². The molecule has 0 radical (unpaired) electrons. The van der Waals surface area contributed by atoms with Gasteiger partial charge in [-0.15, -0.1) is 0 Å². The van der Waals surface area contributed by atoms with E-state index in [1.807, 2.05) is 24.0 Å². The van der Waals surface area contributed by atoms with Crippen LogP contribution in [0.25, 0.3) is 0 Å². The maximum absolute atomic E-state index is 4.62. The van der Waals surface area contributed by atoms with Crippen molar-refractivity contribution in [2.45, 2.75) is 52.0 Å². The average Bonchev–Trinajstić information content (AvgIpc) is 3.12. The van der Waals surface area contributed by atoms with E-state index in [0.29, 0.717) is 6.54 Å². The van der Waals surface area contributed by atoms with Gasteiger partial charge < -0.3 is 10.6 Å². The van der Waals surface area contributed by atoms with Crippen molar-refractivity contribution in [2.24, 2.45) is 18.0 Å². The van der Waals surface area contributed by atoms with Gasteiger partial charge in [0.1, 0.15) is 0 Å². The minimum absolute atomic E-state index is 0.661. The highest BCUT2D eigenvalue weighted by Crippen LogP contribution is 2.28. The summed E-state index contributed by atoms with van der Waals surface area (Å²) in [5.41, 5.74) is 1.12. The molecule has 1 aromatic rings. The van der Waals surface area contributed by atoms with Gasteiger partial charge in [-0.05, 0) is 31.7 Å². The SMILES string of the molecule is CCNC(=NCc1ccnn1C)NCCCC1CCCC1. The first kappa shape index (κ1) is 15.9. The van der Waals surface area contributed by atoms with E-state index in [1.165, 1.54) is 38.5 Å². The molecule has 1 fully saturated rings. The minimum Gasteiger partial charge on any atom is -0.357 e. The summed E-state index contributed by atoms with van der Waals surface area (Å²) in [6.07, 6.45) is 10.2. The Balaban J connectivity index is 1.71. The van der Waals surface area contributed by atoms with E-state index in [-0.39, 0.29) is 0 Å². The maximum Gasteiger partial charge on any atom is 0.191 e. The summed E-state index contributed by atoms with van der Waals surface area (Å²) >= 11 is 0. The normalized spacial score (nSPS) is 16.4. The molecule has 0 amide bonds. The van der Waals surface area contributed by atoms with Crippen molar-refractivity contribution in [3.8, 4) is 0 Å². The van der Waals surface area contributed by atoms with Gasteiger partial charge in [-0.3, -0.25) is 4.68 Å². The maximum atomic E-state index is 4.62. The third-order valence-corrected chi connectivity index (χ3v) is 4.22. The highest BCUT2D eigenvalue weighted by atomic mass is 15.3. The van der Waals surface area contributed by atoms with Crippen LogP contribution in [0, 0.1) is 5.92 Å². The molecular weight excluding hydrogens is 262 g/mol. The van der Waals surface area contributed by atoms with Crippen LogP contribution < -0.4 is 10.6 Å². The van der Waals surface area contributed by atoms with Gasteiger partial charge in [0.2, 0.25) is 0 Å². The van der Waals surface area contributed by atoms with Crippen molar-refractivity contribution >= 4 is 5.96 Å². The first-order valence-corrected chi connectivity index (χ1v) is 8.28. The lowest BCUT2D eigenvalue weighted by molar-refractivity contribution is 0.481. The van der Waals surface area contributed by atoms with E-state index in [2.05, 4.69) is 27.6 Å². The summed E-state index contributed by atoms with van der Waals surface area (Å²) in [4.78, 5) is 4.62. The smallest absolute Gasteiger partial charge is 0.191 e. The molecule has 1 aliphatic rings. The van der Waals surface area contributed by atoms with Gasteiger partial charge in [0.25, 0.3) is 0 Å². The molecule has 0 unspecified atom stereocenters. The van der Waals surface area contributed by atoms with Crippen LogP contribution in [0.1, 0.15) is 51.1 Å². The van der Waals surface area contributed by atoms with Crippen molar-refractivity contribution in [1.82, 2.24) is 20.4 Å².